The van der Waals surface area contributed by atoms with Gasteiger partial charge in [-0.2, -0.15) is 0 Å². The topological polar surface area (TPSA) is 55.6 Å². The Kier molecular flexibility index (Phi) is 4.28. The van der Waals surface area contributed by atoms with E-state index in [9.17, 15) is 4.79 Å². The Hall–Kier alpha value is -1.62. The molecule has 108 valence electrons. The van der Waals surface area contributed by atoms with Gasteiger partial charge in [0.25, 0.3) is 0 Å². The average molecular weight is 292 g/mol. The van der Waals surface area contributed by atoms with Crippen molar-refractivity contribution in [3.63, 3.8) is 0 Å². The minimum absolute atomic E-state index is 0.0968. The van der Waals surface area contributed by atoms with Crippen molar-refractivity contribution in [2.75, 3.05) is 25.1 Å². The third kappa shape index (κ3) is 2.77. The molecule has 1 aromatic carbocycles. The lowest BCUT2D eigenvalue weighted by atomic mass is 9.99. The molecular weight excluding hydrogens is 272 g/mol. The highest BCUT2D eigenvalue weighted by atomic mass is 32.1. The average Bonchev–Trinajstić information content (AvgIpc) is 2.79. The van der Waals surface area contributed by atoms with Crippen LogP contribution in [0.25, 0.3) is 0 Å². The smallest absolute Gasteiger partial charge is 0.310 e. The van der Waals surface area contributed by atoms with E-state index in [1.165, 1.54) is 7.11 Å². The zero-order chi connectivity index (χ0) is 14.9. The first-order chi connectivity index (χ1) is 9.43. The van der Waals surface area contributed by atoms with E-state index in [2.05, 4.69) is 11.8 Å². The second-order valence-corrected chi connectivity index (χ2v) is 5.84. The van der Waals surface area contributed by atoms with Gasteiger partial charge in [0.05, 0.1) is 13.0 Å². The molecule has 1 saturated heterocycles. The van der Waals surface area contributed by atoms with Gasteiger partial charge >= 0.3 is 5.97 Å². The van der Waals surface area contributed by atoms with E-state index in [1.54, 1.807) is 0 Å². The second kappa shape index (κ2) is 5.79. The summed E-state index contributed by atoms with van der Waals surface area (Å²) in [4.78, 5) is 14.3. The summed E-state index contributed by atoms with van der Waals surface area (Å²) in [6, 6.07) is 6.05. The number of carbonyl (C=O) groups is 1. The SMILES string of the molecule is COC(=O)C1CN(c2ccc(C)cc2C(N)=S)CC1C. The minimum atomic E-state index is -0.149. The summed E-state index contributed by atoms with van der Waals surface area (Å²) < 4.78 is 4.87. The number of nitrogens with two attached hydrogens (primary N) is 1. The number of benzene rings is 1. The van der Waals surface area contributed by atoms with Gasteiger partial charge in [-0.1, -0.05) is 30.8 Å². The molecule has 1 fully saturated rings. The van der Waals surface area contributed by atoms with Crippen molar-refractivity contribution in [3.05, 3.63) is 29.3 Å². The normalized spacial score (nSPS) is 21.9. The first-order valence-corrected chi connectivity index (χ1v) is 7.08. The Balaban J connectivity index is 2.30. The zero-order valence-corrected chi connectivity index (χ0v) is 12.9. The lowest BCUT2D eigenvalue weighted by Gasteiger charge is -2.22. The fourth-order valence-corrected chi connectivity index (χ4v) is 2.91. The van der Waals surface area contributed by atoms with Crippen LogP contribution in [0.15, 0.2) is 18.2 Å². The van der Waals surface area contributed by atoms with Crippen molar-refractivity contribution < 1.29 is 9.53 Å². The van der Waals surface area contributed by atoms with Crippen molar-refractivity contribution in [3.8, 4) is 0 Å². The molecule has 1 heterocycles. The summed E-state index contributed by atoms with van der Waals surface area (Å²) in [5, 5.41) is 0. The van der Waals surface area contributed by atoms with Gasteiger partial charge in [0.15, 0.2) is 0 Å². The lowest BCUT2D eigenvalue weighted by molar-refractivity contribution is -0.145. The van der Waals surface area contributed by atoms with Gasteiger partial charge < -0.3 is 15.4 Å². The number of rotatable bonds is 3. The molecule has 0 radical (unpaired) electrons. The number of aryl methyl sites for hydroxylation is 1. The molecule has 5 heteroatoms. The van der Waals surface area contributed by atoms with Crippen molar-refractivity contribution >= 4 is 28.9 Å². The third-order valence-corrected chi connectivity index (χ3v) is 4.09. The van der Waals surface area contributed by atoms with Crippen molar-refractivity contribution in [2.24, 2.45) is 17.6 Å². The van der Waals surface area contributed by atoms with Gasteiger partial charge in [0, 0.05) is 24.3 Å². The molecule has 1 aromatic rings. The quantitative estimate of drug-likeness (QED) is 0.681. The maximum atomic E-state index is 11.8. The Morgan fingerprint density at radius 2 is 2.15 bits per heavy atom. The van der Waals surface area contributed by atoms with E-state index in [1.807, 2.05) is 25.1 Å². The van der Waals surface area contributed by atoms with Crippen LogP contribution in [-0.4, -0.2) is 31.2 Å². The molecule has 2 atom stereocenters. The van der Waals surface area contributed by atoms with Crippen LogP contribution in [0.3, 0.4) is 0 Å². The number of hydrogen-bond acceptors (Lipinski definition) is 4. The summed E-state index contributed by atoms with van der Waals surface area (Å²) in [5.74, 6) is 0.00688. The Bertz CT molecular complexity index is 545. The molecule has 0 saturated carbocycles. The number of thiocarbonyl (C=S) groups is 1. The molecule has 0 bridgehead atoms. The standard InChI is InChI=1S/C15H20N2O2S/c1-9-4-5-13(11(6-9)14(16)20)17-7-10(2)12(8-17)15(18)19-3/h4-6,10,12H,7-8H2,1-3H3,(H2,16,20). The summed E-state index contributed by atoms with van der Waals surface area (Å²) in [7, 11) is 1.43. The van der Waals surface area contributed by atoms with Gasteiger partial charge in [-0.15, -0.1) is 0 Å². The predicted molar refractivity (Wildman–Crippen MR) is 83.9 cm³/mol. The third-order valence-electron chi connectivity index (χ3n) is 3.87. The van der Waals surface area contributed by atoms with Crippen LogP contribution < -0.4 is 10.6 Å². The van der Waals surface area contributed by atoms with E-state index in [0.29, 0.717) is 11.5 Å². The highest BCUT2D eigenvalue weighted by molar-refractivity contribution is 7.80. The lowest BCUT2D eigenvalue weighted by Crippen LogP contribution is -2.26. The molecule has 2 N–H and O–H groups in total. The van der Waals surface area contributed by atoms with Crippen LogP contribution in [0.2, 0.25) is 0 Å². The van der Waals surface area contributed by atoms with Crippen LogP contribution in [0.1, 0.15) is 18.1 Å². The summed E-state index contributed by atoms with van der Waals surface area (Å²) >= 11 is 5.14. The van der Waals surface area contributed by atoms with Crippen LogP contribution in [-0.2, 0) is 9.53 Å². The van der Waals surface area contributed by atoms with Crippen LogP contribution in [0.4, 0.5) is 5.69 Å². The second-order valence-electron chi connectivity index (χ2n) is 5.40. The zero-order valence-electron chi connectivity index (χ0n) is 12.1. The fraction of sp³-hybridized carbons (Fsp3) is 0.467. The number of nitrogens with zero attached hydrogens (tertiary/aromatic N) is 1. The van der Waals surface area contributed by atoms with E-state index >= 15 is 0 Å². The first kappa shape index (κ1) is 14.8. The maximum absolute atomic E-state index is 11.8. The summed E-state index contributed by atoms with van der Waals surface area (Å²) in [5.41, 5.74) is 8.81. The molecular formula is C15H20N2O2S. The van der Waals surface area contributed by atoms with Gasteiger partial charge in [0.1, 0.15) is 4.99 Å². The number of methoxy groups -OCH3 is 1. The highest BCUT2D eigenvalue weighted by Crippen LogP contribution is 2.31. The fourth-order valence-electron chi connectivity index (χ4n) is 2.74. The number of anilines is 1. The van der Waals surface area contributed by atoms with Crippen molar-refractivity contribution in [1.29, 1.82) is 0 Å². The number of carbonyl (C=O) groups excluding carboxylic acids is 1. The maximum Gasteiger partial charge on any atom is 0.310 e. The molecule has 0 aliphatic carbocycles. The molecule has 0 amide bonds. The molecule has 0 spiro atoms. The van der Waals surface area contributed by atoms with Crippen LogP contribution in [0.5, 0.6) is 0 Å². The van der Waals surface area contributed by atoms with Crippen LogP contribution in [0, 0.1) is 18.8 Å². The van der Waals surface area contributed by atoms with Crippen molar-refractivity contribution in [1.82, 2.24) is 0 Å². The van der Waals surface area contributed by atoms with E-state index < -0.39 is 0 Å². The van der Waals surface area contributed by atoms with Gasteiger partial charge in [-0.05, 0) is 25.0 Å². The molecule has 4 nitrogen and oxygen atoms in total. The number of ether oxygens (including phenoxy) is 1. The molecule has 2 unspecified atom stereocenters. The van der Waals surface area contributed by atoms with Crippen molar-refractivity contribution in [2.45, 2.75) is 13.8 Å². The largest absolute Gasteiger partial charge is 0.469 e. The Morgan fingerprint density at radius 3 is 2.75 bits per heavy atom. The summed E-state index contributed by atoms with van der Waals surface area (Å²) in [6.07, 6.45) is 0. The van der Waals surface area contributed by atoms with Gasteiger partial charge in [-0.3, -0.25) is 4.79 Å². The number of hydrogen-bond donors (Lipinski definition) is 1. The Morgan fingerprint density at radius 1 is 1.45 bits per heavy atom. The molecule has 1 aliphatic rings. The molecule has 1 aliphatic heterocycles. The minimum Gasteiger partial charge on any atom is -0.469 e. The van der Waals surface area contributed by atoms with E-state index in [4.69, 9.17) is 22.7 Å². The predicted octanol–water partition coefficient (Wildman–Crippen LogP) is 1.87. The van der Waals surface area contributed by atoms with Gasteiger partial charge in [-0.25, -0.2) is 0 Å². The molecule has 0 aromatic heterocycles. The highest BCUT2D eigenvalue weighted by Gasteiger charge is 2.36. The first-order valence-electron chi connectivity index (χ1n) is 6.67. The summed E-state index contributed by atoms with van der Waals surface area (Å²) in [6.45, 7) is 5.52. The monoisotopic (exact) mass is 292 g/mol. The molecule has 20 heavy (non-hydrogen) atoms. The number of esters is 1. The Labute approximate surface area is 124 Å². The van der Waals surface area contributed by atoms with E-state index in [0.717, 1.165) is 23.4 Å². The van der Waals surface area contributed by atoms with E-state index in [-0.39, 0.29) is 17.8 Å². The van der Waals surface area contributed by atoms with Crippen LogP contribution >= 0.6 is 12.2 Å². The van der Waals surface area contributed by atoms with Gasteiger partial charge in [0.2, 0.25) is 0 Å². The molecule has 2 rings (SSSR count).